The maximum absolute atomic E-state index is 4.42. The van der Waals surface area contributed by atoms with E-state index in [2.05, 4.69) is 59.1 Å². The summed E-state index contributed by atoms with van der Waals surface area (Å²) in [5, 5.41) is 4.42. The van der Waals surface area contributed by atoms with Gasteiger partial charge in [0.1, 0.15) is 4.60 Å². The lowest BCUT2D eigenvalue weighted by molar-refractivity contribution is 0.752. The summed E-state index contributed by atoms with van der Waals surface area (Å²) in [7, 11) is 1.93. The van der Waals surface area contributed by atoms with Crippen LogP contribution in [0.3, 0.4) is 0 Å². The molecule has 1 heterocycles. The smallest absolute Gasteiger partial charge is 0.104 e. The van der Waals surface area contributed by atoms with Crippen LogP contribution in [-0.4, -0.2) is 9.78 Å². The number of nitrogens with zero attached hydrogens (tertiary/aromatic N) is 2. The highest BCUT2D eigenvalue weighted by Crippen LogP contribution is 2.23. The van der Waals surface area contributed by atoms with E-state index in [4.69, 9.17) is 0 Å². The first-order chi connectivity index (χ1) is 7.58. The van der Waals surface area contributed by atoms with Crippen molar-refractivity contribution < 1.29 is 0 Å². The van der Waals surface area contributed by atoms with Crippen LogP contribution in [0.4, 0.5) is 0 Å². The first-order valence-corrected chi connectivity index (χ1v) is 6.17. The number of aromatic nitrogens is 2. The molecule has 1 aromatic heterocycles. The second-order valence-corrected chi connectivity index (χ2v) is 5.07. The summed E-state index contributed by atoms with van der Waals surface area (Å²) in [6.07, 6.45) is 0. The van der Waals surface area contributed by atoms with Gasteiger partial charge in [-0.1, -0.05) is 38.1 Å². The Kier molecular flexibility index (Phi) is 3.15. The fourth-order valence-electron chi connectivity index (χ4n) is 1.62. The molecule has 0 fully saturated rings. The second-order valence-electron chi connectivity index (χ2n) is 4.25. The zero-order valence-electron chi connectivity index (χ0n) is 9.74. The molecule has 1 aromatic carbocycles. The van der Waals surface area contributed by atoms with Gasteiger partial charge in [-0.3, -0.25) is 4.68 Å². The third kappa shape index (κ3) is 2.19. The molecule has 0 amide bonds. The first kappa shape index (κ1) is 11.4. The maximum Gasteiger partial charge on any atom is 0.104 e. The Morgan fingerprint density at radius 3 is 2.25 bits per heavy atom. The molecule has 3 heteroatoms. The molecule has 0 saturated carbocycles. The summed E-state index contributed by atoms with van der Waals surface area (Å²) in [4.78, 5) is 0. The highest BCUT2D eigenvalue weighted by Gasteiger charge is 2.05. The molecular weight excluding hydrogens is 264 g/mol. The molecular formula is C13H15BrN2. The fourth-order valence-corrected chi connectivity index (χ4v) is 1.92. The Morgan fingerprint density at radius 2 is 1.81 bits per heavy atom. The largest absolute Gasteiger partial charge is 0.261 e. The molecule has 84 valence electrons. The van der Waals surface area contributed by atoms with Gasteiger partial charge in [0, 0.05) is 12.6 Å². The Hall–Kier alpha value is -1.09. The van der Waals surface area contributed by atoms with Crippen molar-refractivity contribution in [1.82, 2.24) is 9.78 Å². The van der Waals surface area contributed by atoms with Crippen LogP contribution in [-0.2, 0) is 7.05 Å². The topological polar surface area (TPSA) is 17.8 Å². The molecule has 0 aliphatic rings. The predicted octanol–water partition coefficient (Wildman–Crippen LogP) is 3.97. The highest BCUT2D eigenvalue weighted by molar-refractivity contribution is 9.10. The van der Waals surface area contributed by atoms with E-state index in [1.807, 2.05) is 17.8 Å². The van der Waals surface area contributed by atoms with E-state index in [1.54, 1.807) is 0 Å². The van der Waals surface area contributed by atoms with Crippen LogP contribution >= 0.6 is 15.9 Å². The van der Waals surface area contributed by atoms with Crippen LogP contribution in [0.5, 0.6) is 0 Å². The molecule has 0 bridgehead atoms. The van der Waals surface area contributed by atoms with Gasteiger partial charge in [0.25, 0.3) is 0 Å². The third-order valence-electron chi connectivity index (χ3n) is 2.70. The van der Waals surface area contributed by atoms with Crippen molar-refractivity contribution in [3.63, 3.8) is 0 Å². The number of hydrogen-bond donors (Lipinski definition) is 0. The molecule has 2 rings (SSSR count). The maximum atomic E-state index is 4.42. The van der Waals surface area contributed by atoms with Gasteiger partial charge in [0.2, 0.25) is 0 Å². The Labute approximate surface area is 104 Å². The van der Waals surface area contributed by atoms with Gasteiger partial charge in [-0.25, -0.2) is 0 Å². The number of benzene rings is 1. The summed E-state index contributed by atoms with van der Waals surface area (Å²) in [6.45, 7) is 4.40. The van der Waals surface area contributed by atoms with Crippen LogP contribution in [0, 0.1) is 0 Å². The molecule has 2 nitrogen and oxygen atoms in total. The molecule has 0 saturated heterocycles. The average Bonchev–Trinajstić information content (AvgIpc) is 2.59. The van der Waals surface area contributed by atoms with E-state index >= 15 is 0 Å². The van der Waals surface area contributed by atoms with Gasteiger partial charge in [0.05, 0.1) is 5.69 Å². The number of hydrogen-bond acceptors (Lipinski definition) is 1. The molecule has 2 aromatic rings. The van der Waals surface area contributed by atoms with Gasteiger partial charge in [-0.05, 0) is 33.5 Å². The highest BCUT2D eigenvalue weighted by atomic mass is 79.9. The van der Waals surface area contributed by atoms with Crippen molar-refractivity contribution in [2.75, 3.05) is 0 Å². The molecule has 0 aliphatic carbocycles. The van der Waals surface area contributed by atoms with Crippen molar-refractivity contribution >= 4 is 15.9 Å². The first-order valence-electron chi connectivity index (χ1n) is 5.38. The number of rotatable bonds is 2. The molecule has 0 unspecified atom stereocenters. The zero-order valence-corrected chi connectivity index (χ0v) is 11.3. The van der Waals surface area contributed by atoms with E-state index in [9.17, 15) is 0 Å². The van der Waals surface area contributed by atoms with Crippen molar-refractivity contribution in [1.29, 1.82) is 0 Å². The molecule has 0 aliphatic heterocycles. The minimum atomic E-state index is 0.574. The van der Waals surface area contributed by atoms with Crippen LogP contribution in [0.1, 0.15) is 25.3 Å². The van der Waals surface area contributed by atoms with Crippen LogP contribution < -0.4 is 0 Å². The number of halogens is 1. The van der Waals surface area contributed by atoms with E-state index in [0.717, 1.165) is 15.9 Å². The van der Waals surface area contributed by atoms with Gasteiger partial charge in [-0.2, -0.15) is 5.10 Å². The SMILES string of the molecule is CC(C)c1ccc(-c2cc(Br)n(C)n2)cc1. The molecule has 0 radical (unpaired) electrons. The van der Waals surface area contributed by atoms with Crippen LogP contribution in [0.25, 0.3) is 11.3 Å². The van der Waals surface area contributed by atoms with E-state index in [-0.39, 0.29) is 0 Å². The van der Waals surface area contributed by atoms with Crippen molar-refractivity contribution in [2.45, 2.75) is 19.8 Å². The van der Waals surface area contributed by atoms with Gasteiger partial charge < -0.3 is 0 Å². The second kappa shape index (κ2) is 4.42. The van der Waals surface area contributed by atoms with Gasteiger partial charge in [-0.15, -0.1) is 0 Å². The summed E-state index contributed by atoms with van der Waals surface area (Å²) in [5.41, 5.74) is 3.52. The lowest BCUT2D eigenvalue weighted by Crippen LogP contribution is -1.90. The summed E-state index contributed by atoms with van der Waals surface area (Å²) in [5.74, 6) is 0.574. The van der Waals surface area contributed by atoms with Crippen molar-refractivity contribution in [3.8, 4) is 11.3 Å². The predicted molar refractivity (Wildman–Crippen MR) is 70.4 cm³/mol. The molecule has 16 heavy (non-hydrogen) atoms. The quantitative estimate of drug-likeness (QED) is 0.813. The van der Waals surface area contributed by atoms with E-state index < -0.39 is 0 Å². The summed E-state index contributed by atoms with van der Waals surface area (Å²) >= 11 is 3.45. The van der Waals surface area contributed by atoms with Crippen LogP contribution in [0.2, 0.25) is 0 Å². The summed E-state index contributed by atoms with van der Waals surface area (Å²) in [6, 6.07) is 10.6. The normalized spacial score (nSPS) is 11.1. The fraction of sp³-hybridized carbons (Fsp3) is 0.308. The van der Waals surface area contributed by atoms with E-state index in [1.165, 1.54) is 5.56 Å². The number of aryl methyl sites for hydroxylation is 1. The standard InChI is InChI=1S/C13H15BrN2/c1-9(2)10-4-6-11(7-5-10)12-8-13(14)16(3)15-12/h4-9H,1-3H3. The Morgan fingerprint density at radius 1 is 1.19 bits per heavy atom. The third-order valence-corrected chi connectivity index (χ3v) is 3.44. The minimum Gasteiger partial charge on any atom is -0.261 e. The van der Waals surface area contributed by atoms with Crippen molar-refractivity contribution in [2.24, 2.45) is 7.05 Å². The van der Waals surface area contributed by atoms with Gasteiger partial charge >= 0.3 is 0 Å². The molecule has 0 N–H and O–H groups in total. The molecule has 0 atom stereocenters. The monoisotopic (exact) mass is 278 g/mol. The zero-order chi connectivity index (χ0) is 11.7. The lowest BCUT2D eigenvalue weighted by atomic mass is 10.0. The summed E-state index contributed by atoms with van der Waals surface area (Å²) < 4.78 is 2.82. The minimum absolute atomic E-state index is 0.574. The Balaban J connectivity index is 2.34. The van der Waals surface area contributed by atoms with E-state index in [0.29, 0.717) is 5.92 Å². The molecule has 0 spiro atoms. The Bertz CT molecular complexity index is 464. The van der Waals surface area contributed by atoms with Gasteiger partial charge in [0.15, 0.2) is 0 Å². The van der Waals surface area contributed by atoms with Crippen molar-refractivity contribution in [3.05, 3.63) is 40.5 Å². The average molecular weight is 279 g/mol. The lowest BCUT2D eigenvalue weighted by Gasteiger charge is -2.05. The van der Waals surface area contributed by atoms with Crippen LogP contribution in [0.15, 0.2) is 34.9 Å².